The second-order valence-corrected chi connectivity index (χ2v) is 5.46. The fourth-order valence-electron chi connectivity index (χ4n) is 2.45. The van der Waals surface area contributed by atoms with Gasteiger partial charge in [0.2, 0.25) is 0 Å². The Morgan fingerprint density at radius 3 is 1.19 bits per heavy atom. The largest absolute Gasteiger partial charge is 0.104 e. The van der Waals surface area contributed by atoms with E-state index < -0.39 is 0 Å². The number of rotatable bonds is 3. The maximum atomic E-state index is 2.91. The van der Waals surface area contributed by atoms with Crippen molar-refractivity contribution in [1.82, 2.24) is 0 Å². The molecule has 0 heterocycles. The average molecular weight is 288 g/mol. The van der Waals surface area contributed by atoms with Crippen molar-refractivity contribution in [1.29, 1.82) is 0 Å². The molecule has 102 valence electrons. The summed E-state index contributed by atoms with van der Waals surface area (Å²) in [4.78, 5) is 0. The molecule has 0 saturated carbocycles. The van der Waals surface area contributed by atoms with E-state index in [9.17, 15) is 0 Å². The van der Waals surface area contributed by atoms with Gasteiger partial charge in [0.15, 0.2) is 0 Å². The van der Waals surface area contributed by atoms with Crippen LogP contribution in [0.2, 0.25) is 0 Å². The molecule has 0 saturated heterocycles. The van der Waals surface area contributed by atoms with Gasteiger partial charge in [0.25, 0.3) is 0 Å². The molecule has 0 aromatic heterocycles. The van der Waals surface area contributed by atoms with E-state index in [1.807, 2.05) is 6.07 Å². The summed E-state index contributed by atoms with van der Waals surface area (Å²) in [5, 5.41) is 1.22. The summed E-state index contributed by atoms with van der Waals surface area (Å²) in [6, 6.07) is 31.6. The topological polar surface area (TPSA) is 0 Å². The Morgan fingerprint density at radius 2 is 0.810 bits per heavy atom. The van der Waals surface area contributed by atoms with Crippen LogP contribution in [-0.2, 0) is 0 Å². The summed E-state index contributed by atoms with van der Waals surface area (Å²) in [6.45, 7) is 0. The highest BCUT2D eigenvalue weighted by molar-refractivity contribution is 7.32. The van der Waals surface area contributed by atoms with Gasteiger partial charge in [-0.25, -0.2) is 0 Å². The van der Waals surface area contributed by atoms with Crippen molar-refractivity contribution in [2.24, 2.45) is 0 Å². The first-order valence-electron chi connectivity index (χ1n) is 7.02. The molecule has 3 aromatic rings. The quantitative estimate of drug-likeness (QED) is 0.442. The van der Waals surface area contributed by atoms with E-state index in [-0.39, 0.29) is 0 Å². The second kappa shape index (κ2) is 6.52. The van der Waals surface area contributed by atoms with E-state index in [1.165, 1.54) is 27.6 Å². The van der Waals surface area contributed by atoms with Crippen molar-refractivity contribution < 1.29 is 0 Å². The van der Waals surface area contributed by atoms with Gasteiger partial charge in [-0.05, 0) is 27.6 Å². The normalized spacial score (nSPS) is 10.1. The summed E-state index contributed by atoms with van der Waals surface area (Å²) in [5.41, 5.74) is 4.95. The predicted molar refractivity (Wildman–Crippen MR) is 95.0 cm³/mol. The number of hydrogen-bond acceptors (Lipinski definition) is 0. The van der Waals surface area contributed by atoms with E-state index in [2.05, 4.69) is 94.2 Å². The molecule has 0 amide bonds. The standard InChI is InChI=1S/C20H17P/c21-20(18-14-8-3-9-15-18)19(16-10-4-1-5-11-16)17-12-6-2-7-13-17/h1-15H,21H2. The van der Waals surface area contributed by atoms with Crippen molar-refractivity contribution in [3.63, 3.8) is 0 Å². The Labute approximate surface area is 128 Å². The lowest BCUT2D eigenvalue weighted by molar-refractivity contribution is 1.55. The van der Waals surface area contributed by atoms with Gasteiger partial charge in [-0.1, -0.05) is 91.0 Å². The van der Waals surface area contributed by atoms with Crippen LogP contribution in [0.25, 0.3) is 10.9 Å². The summed E-state index contributed by atoms with van der Waals surface area (Å²) < 4.78 is 0. The fourth-order valence-corrected chi connectivity index (χ4v) is 2.98. The van der Waals surface area contributed by atoms with E-state index in [0.717, 1.165) is 0 Å². The highest BCUT2D eigenvalue weighted by Crippen LogP contribution is 2.35. The maximum Gasteiger partial charge on any atom is -0.00337 e. The van der Waals surface area contributed by atoms with Crippen molar-refractivity contribution in [2.45, 2.75) is 0 Å². The first-order valence-corrected chi connectivity index (χ1v) is 7.60. The van der Waals surface area contributed by atoms with Crippen LogP contribution < -0.4 is 0 Å². The molecule has 0 spiro atoms. The molecule has 0 fully saturated rings. The van der Waals surface area contributed by atoms with E-state index >= 15 is 0 Å². The minimum absolute atomic E-state index is 1.22. The molecular weight excluding hydrogens is 271 g/mol. The van der Waals surface area contributed by atoms with Crippen LogP contribution in [0.4, 0.5) is 0 Å². The van der Waals surface area contributed by atoms with Crippen LogP contribution in [0.1, 0.15) is 16.7 Å². The van der Waals surface area contributed by atoms with Gasteiger partial charge in [-0.2, -0.15) is 0 Å². The molecule has 21 heavy (non-hydrogen) atoms. The molecular formula is C20H17P. The van der Waals surface area contributed by atoms with Gasteiger partial charge in [0.05, 0.1) is 0 Å². The maximum absolute atomic E-state index is 2.91. The van der Waals surface area contributed by atoms with Crippen LogP contribution in [-0.4, -0.2) is 0 Å². The van der Waals surface area contributed by atoms with E-state index in [0.29, 0.717) is 0 Å². The first-order chi connectivity index (χ1) is 10.4. The van der Waals surface area contributed by atoms with Gasteiger partial charge in [0, 0.05) is 0 Å². The first kappa shape index (κ1) is 13.8. The molecule has 1 heteroatoms. The van der Waals surface area contributed by atoms with Gasteiger partial charge in [-0.15, -0.1) is 9.24 Å². The van der Waals surface area contributed by atoms with Gasteiger partial charge in [0.1, 0.15) is 0 Å². The third kappa shape index (κ3) is 3.12. The minimum atomic E-state index is 1.22. The third-order valence-electron chi connectivity index (χ3n) is 3.48. The summed E-state index contributed by atoms with van der Waals surface area (Å²) in [7, 11) is 2.91. The molecule has 0 aliphatic heterocycles. The lowest BCUT2D eigenvalue weighted by Gasteiger charge is -2.13. The highest BCUT2D eigenvalue weighted by atomic mass is 31.0. The Morgan fingerprint density at radius 1 is 0.476 bits per heavy atom. The van der Waals surface area contributed by atoms with Gasteiger partial charge < -0.3 is 0 Å². The molecule has 0 nitrogen and oxygen atoms in total. The third-order valence-corrected chi connectivity index (χ3v) is 4.10. The summed E-state index contributed by atoms with van der Waals surface area (Å²) in [6.07, 6.45) is 0. The molecule has 0 bridgehead atoms. The highest BCUT2D eigenvalue weighted by Gasteiger charge is 2.09. The monoisotopic (exact) mass is 288 g/mol. The molecule has 1 atom stereocenters. The molecule has 0 aliphatic rings. The van der Waals surface area contributed by atoms with Crippen molar-refractivity contribution >= 4 is 20.1 Å². The zero-order valence-electron chi connectivity index (χ0n) is 11.7. The Balaban J connectivity index is 2.22. The zero-order chi connectivity index (χ0) is 14.5. The SMILES string of the molecule is PC(=C(c1ccccc1)c1ccccc1)c1ccccc1. The molecule has 0 radical (unpaired) electrons. The van der Waals surface area contributed by atoms with E-state index in [1.54, 1.807) is 0 Å². The van der Waals surface area contributed by atoms with Crippen molar-refractivity contribution in [3.05, 3.63) is 108 Å². The number of benzene rings is 3. The van der Waals surface area contributed by atoms with Gasteiger partial charge >= 0.3 is 0 Å². The molecule has 3 aromatic carbocycles. The van der Waals surface area contributed by atoms with Crippen LogP contribution in [0.5, 0.6) is 0 Å². The lowest BCUT2D eigenvalue weighted by atomic mass is 9.95. The Bertz CT molecular complexity index is 687. The minimum Gasteiger partial charge on any atom is -0.104 e. The fraction of sp³-hybridized carbons (Fsp3) is 0. The van der Waals surface area contributed by atoms with Crippen LogP contribution in [0.15, 0.2) is 91.0 Å². The van der Waals surface area contributed by atoms with E-state index in [4.69, 9.17) is 0 Å². The smallest absolute Gasteiger partial charge is 0.00337 e. The molecule has 1 unspecified atom stereocenters. The Kier molecular flexibility index (Phi) is 4.28. The average Bonchev–Trinajstić information content (AvgIpc) is 2.58. The van der Waals surface area contributed by atoms with Crippen molar-refractivity contribution in [2.75, 3.05) is 0 Å². The van der Waals surface area contributed by atoms with Crippen LogP contribution in [0, 0.1) is 0 Å². The van der Waals surface area contributed by atoms with Crippen LogP contribution >= 0.6 is 9.24 Å². The van der Waals surface area contributed by atoms with Gasteiger partial charge in [-0.3, -0.25) is 0 Å². The summed E-state index contributed by atoms with van der Waals surface area (Å²) in [5.74, 6) is 0. The zero-order valence-corrected chi connectivity index (χ0v) is 12.9. The Hall–Kier alpha value is -2.17. The second-order valence-electron chi connectivity index (χ2n) is 4.89. The predicted octanol–water partition coefficient (Wildman–Crippen LogP) is 5.48. The summed E-state index contributed by atoms with van der Waals surface area (Å²) >= 11 is 0. The lowest BCUT2D eigenvalue weighted by Crippen LogP contribution is -1.90. The molecule has 0 aliphatic carbocycles. The van der Waals surface area contributed by atoms with Crippen LogP contribution in [0.3, 0.4) is 0 Å². The molecule has 0 N–H and O–H groups in total. The molecule has 3 rings (SSSR count). The van der Waals surface area contributed by atoms with Crippen molar-refractivity contribution in [3.8, 4) is 0 Å². The number of hydrogen-bond donors (Lipinski definition) is 0.